The first-order chi connectivity index (χ1) is 18.1. The number of fused-ring (bicyclic) bond motifs is 1. The molecule has 37 heavy (non-hydrogen) atoms. The van der Waals surface area contributed by atoms with Crippen molar-refractivity contribution < 1.29 is 9.47 Å². The molecule has 8 nitrogen and oxygen atoms in total. The Morgan fingerprint density at radius 1 is 0.838 bits per heavy atom. The zero-order valence-electron chi connectivity index (χ0n) is 22.4. The number of rotatable bonds is 8. The normalized spacial score (nSPS) is 19.9. The Labute approximate surface area is 220 Å². The minimum Gasteiger partial charge on any atom is -0.493 e. The summed E-state index contributed by atoms with van der Waals surface area (Å²) in [5, 5.41) is 8.37. The van der Waals surface area contributed by atoms with Gasteiger partial charge in [0.25, 0.3) is 0 Å². The summed E-state index contributed by atoms with van der Waals surface area (Å²) in [4.78, 5) is 14.8. The Morgan fingerprint density at radius 3 is 2.30 bits per heavy atom. The highest BCUT2D eigenvalue weighted by atomic mass is 16.5. The van der Waals surface area contributed by atoms with Crippen LogP contribution in [0.5, 0.6) is 11.5 Å². The third-order valence-electron chi connectivity index (χ3n) is 7.66. The van der Waals surface area contributed by atoms with Crippen LogP contribution in [0, 0.1) is 0 Å². The standard InChI is InChI=1S/C29H40N6O2/c1-34-14-7-10-22(11-15-34)31-29-32-25-19-27(37-3)26(36-2)18-24(25)28(33-29)30-23-12-16-35(17-13-23)20-21-8-5-4-6-9-21/h4-6,8-9,18-19,22-23H,7,10-17,20H2,1-3H3,(H2,30,31,32,33). The number of aromatic nitrogens is 2. The summed E-state index contributed by atoms with van der Waals surface area (Å²) in [5.41, 5.74) is 2.22. The second-order valence-corrected chi connectivity index (χ2v) is 10.4. The molecule has 2 aliphatic heterocycles. The summed E-state index contributed by atoms with van der Waals surface area (Å²) in [7, 11) is 5.52. The van der Waals surface area contributed by atoms with E-state index in [9.17, 15) is 0 Å². The van der Waals surface area contributed by atoms with Gasteiger partial charge in [-0.25, -0.2) is 4.98 Å². The maximum Gasteiger partial charge on any atom is 0.225 e. The van der Waals surface area contributed by atoms with Crippen LogP contribution in [0.25, 0.3) is 10.9 Å². The molecule has 0 bridgehead atoms. The van der Waals surface area contributed by atoms with Gasteiger partial charge in [-0.3, -0.25) is 4.90 Å². The molecule has 2 aliphatic rings. The lowest BCUT2D eigenvalue weighted by atomic mass is 10.0. The molecular weight excluding hydrogens is 464 g/mol. The van der Waals surface area contributed by atoms with Crippen LogP contribution in [0.15, 0.2) is 42.5 Å². The molecule has 0 spiro atoms. The van der Waals surface area contributed by atoms with Gasteiger partial charge in [-0.15, -0.1) is 0 Å². The fraction of sp³-hybridized carbons (Fsp3) is 0.517. The van der Waals surface area contributed by atoms with Crippen LogP contribution < -0.4 is 20.1 Å². The number of methoxy groups -OCH3 is 2. The average Bonchev–Trinajstić information content (AvgIpc) is 3.13. The van der Waals surface area contributed by atoms with Gasteiger partial charge < -0.3 is 25.0 Å². The molecular formula is C29H40N6O2. The van der Waals surface area contributed by atoms with Crippen molar-refractivity contribution in [2.24, 2.45) is 0 Å². The lowest BCUT2D eigenvalue weighted by Crippen LogP contribution is -2.38. The van der Waals surface area contributed by atoms with Gasteiger partial charge in [0.2, 0.25) is 5.95 Å². The van der Waals surface area contributed by atoms with Crippen LogP contribution in [-0.4, -0.2) is 79.3 Å². The van der Waals surface area contributed by atoms with E-state index in [4.69, 9.17) is 19.4 Å². The van der Waals surface area contributed by atoms with Crippen molar-refractivity contribution >= 4 is 22.7 Å². The largest absolute Gasteiger partial charge is 0.493 e. The van der Waals surface area contributed by atoms with E-state index in [-0.39, 0.29) is 0 Å². The number of benzene rings is 2. The average molecular weight is 505 g/mol. The Kier molecular flexibility index (Phi) is 8.26. The zero-order valence-corrected chi connectivity index (χ0v) is 22.4. The molecule has 8 heteroatoms. The van der Waals surface area contributed by atoms with Crippen molar-refractivity contribution in [3.8, 4) is 11.5 Å². The predicted octanol–water partition coefficient (Wildman–Crippen LogP) is 4.62. The van der Waals surface area contributed by atoms with Crippen LogP contribution in [0.2, 0.25) is 0 Å². The van der Waals surface area contributed by atoms with Crippen molar-refractivity contribution in [3.63, 3.8) is 0 Å². The number of ether oxygens (including phenoxy) is 2. The number of piperidine rings is 1. The zero-order chi connectivity index (χ0) is 25.6. The molecule has 0 aliphatic carbocycles. The molecule has 0 amide bonds. The lowest BCUT2D eigenvalue weighted by molar-refractivity contribution is 0.211. The van der Waals surface area contributed by atoms with Crippen LogP contribution >= 0.6 is 0 Å². The van der Waals surface area contributed by atoms with Gasteiger partial charge in [0.05, 0.1) is 19.7 Å². The maximum absolute atomic E-state index is 5.60. The van der Waals surface area contributed by atoms with Gasteiger partial charge in [-0.05, 0) is 63.9 Å². The Morgan fingerprint density at radius 2 is 1.54 bits per heavy atom. The Balaban J connectivity index is 1.35. The first-order valence-electron chi connectivity index (χ1n) is 13.5. The lowest BCUT2D eigenvalue weighted by Gasteiger charge is -2.33. The SMILES string of the molecule is COc1cc2nc(NC3CCCN(C)CC3)nc(NC3CCN(Cc4ccccc4)CC3)c2cc1OC. The fourth-order valence-corrected chi connectivity index (χ4v) is 5.47. The second kappa shape index (κ2) is 12.0. The first kappa shape index (κ1) is 25.5. The third-order valence-corrected chi connectivity index (χ3v) is 7.66. The topological polar surface area (TPSA) is 74.8 Å². The summed E-state index contributed by atoms with van der Waals surface area (Å²) in [6.45, 7) is 5.36. The van der Waals surface area contributed by atoms with E-state index >= 15 is 0 Å². The highest BCUT2D eigenvalue weighted by Crippen LogP contribution is 2.35. The molecule has 1 aromatic heterocycles. The smallest absolute Gasteiger partial charge is 0.225 e. The molecule has 3 aromatic rings. The van der Waals surface area contributed by atoms with Crippen LogP contribution in [-0.2, 0) is 6.54 Å². The summed E-state index contributed by atoms with van der Waals surface area (Å²) >= 11 is 0. The molecule has 2 fully saturated rings. The molecule has 5 rings (SSSR count). The fourth-order valence-electron chi connectivity index (χ4n) is 5.47. The van der Waals surface area contributed by atoms with Crippen molar-refractivity contribution in [3.05, 3.63) is 48.0 Å². The highest BCUT2D eigenvalue weighted by Gasteiger charge is 2.23. The maximum atomic E-state index is 5.60. The molecule has 1 unspecified atom stereocenters. The Bertz CT molecular complexity index is 1170. The molecule has 2 saturated heterocycles. The van der Waals surface area contributed by atoms with E-state index in [1.807, 2.05) is 12.1 Å². The minimum atomic E-state index is 0.359. The van der Waals surface area contributed by atoms with Crippen molar-refractivity contribution in [2.45, 2.75) is 50.7 Å². The van der Waals surface area contributed by atoms with Crippen LogP contribution in [0.1, 0.15) is 37.7 Å². The number of nitrogens with zero attached hydrogens (tertiary/aromatic N) is 4. The number of nitrogens with one attached hydrogen (secondary N) is 2. The molecule has 2 aromatic carbocycles. The van der Waals surface area contributed by atoms with E-state index in [1.165, 1.54) is 12.0 Å². The van der Waals surface area contributed by atoms with Crippen molar-refractivity contribution in [1.29, 1.82) is 0 Å². The van der Waals surface area contributed by atoms with Gasteiger partial charge >= 0.3 is 0 Å². The summed E-state index contributed by atoms with van der Waals surface area (Å²) in [5.74, 6) is 2.90. The van der Waals surface area contributed by atoms with E-state index in [2.05, 4.69) is 57.8 Å². The number of hydrogen-bond acceptors (Lipinski definition) is 8. The molecule has 3 heterocycles. The molecule has 1 atom stereocenters. The first-order valence-corrected chi connectivity index (χ1v) is 13.5. The summed E-state index contributed by atoms with van der Waals surface area (Å²) in [6, 6.07) is 15.4. The molecule has 2 N–H and O–H groups in total. The number of anilines is 2. The molecule has 0 radical (unpaired) electrons. The quantitative estimate of drug-likeness (QED) is 0.460. The van der Waals surface area contributed by atoms with E-state index < -0.39 is 0 Å². The van der Waals surface area contributed by atoms with Gasteiger partial charge in [0.1, 0.15) is 5.82 Å². The number of likely N-dealkylation sites (tertiary alicyclic amines) is 2. The van der Waals surface area contributed by atoms with Crippen LogP contribution in [0.3, 0.4) is 0 Å². The van der Waals surface area contributed by atoms with Crippen LogP contribution in [0.4, 0.5) is 11.8 Å². The third kappa shape index (κ3) is 6.43. The predicted molar refractivity (Wildman–Crippen MR) is 150 cm³/mol. The minimum absolute atomic E-state index is 0.359. The summed E-state index contributed by atoms with van der Waals surface area (Å²) < 4.78 is 11.2. The monoisotopic (exact) mass is 504 g/mol. The van der Waals surface area contributed by atoms with Gasteiger partial charge in [0.15, 0.2) is 11.5 Å². The van der Waals surface area contributed by atoms with Crippen molar-refractivity contribution in [1.82, 2.24) is 19.8 Å². The van der Waals surface area contributed by atoms with E-state index in [1.54, 1.807) is 14.2 Å². The Hall–Kier alpha value is -3.10. The van der Waals surface area contributed by atoms with E-state index in [0.717, 1.165) is 75.1 Å². The highest BCUT2D eigenvalue weighted by molar-refractivity contribution is 5.92. The molecule has 0 saturated carbocycles. The molecule has 198 valence electrons. The van der Waals surface area contributed by atoms with Gasteiger partial charge in [0, 0.05) is 43.2 Å². The second-order valence-electron chi connectivity index (χ2n) is 10.4. The van der Waals surface area contributed by atoms with E-state index in [0.29, 0.717) is 29.5 Å². The number of hydrogen-bond donors (Lipinski definition) is 2. The van der Waals surface area contributed by atoms with Crippen molar-refractivity contribution in [2.75, 3.05) is 58.1 Å². The van der Waals surface area contributed by atoms with Gasteiger partial charge in [-0.1, -0.05) is 30.3 Å². The summed E-state index contributed by atoms with van der Waals surface area (Å²) in [6.07, 6.45) is 5.54. The van der Waals surface area contributed by atoms with Gasteiger partial charge in [-0.2, -0.15) is 4.98 Å².